The van der Waals surface area contributed by atoms with E-state index in [1.165, 1.54) is 17.5 Å². The quantitative estimate of drug-likeness (QED) is 0.662. The molecular formula is C12H9Cl2N5O2S2. The molecule has 0 radical (unpaired) electrons. The van der Waals surface area contributed by atoms with Crippen molar-refractivity contribution in [3.8, 4) is 0 Å². The van der Waals surface area contributed by atoms with Crippen LogP contribution in [0.15, 0.2) is 23.8 Å². The number of rotatable bonds is 4. The van der Waals surface area contributed by atoms with Crippen molar-refractivity contribution in [2.45, 2.75) is 0 Å². The normalized spacial score (nSPS) is 11.6. The van der Waals surface area contributed by atoms with Gasteiger partial charge >= 0.3 is 0 Å². The summed E-state index contributed by atoms with van der Waals surface area (Å²) in [4.78, 5) is 12.0. The average molecular weight is 390 g/mol. The maximum atomic E-state index is 11.7. The van der Waals surface area contributed by atoms with Gasteiger partial charge in [0.25, 0.3) is 0 Å². The Balaban J connectivity index is 2.13. The first-order chi connectivity index (χ1) is 10.8. The van der Waals surface area contributed by atoms with Crippen molar-refractivity contribution in [1.29, 1.82) is 0 Å². The number of thiazole rings is 1. The number of aromatic nitrogens is 3. The molecule has 3 rings (SSSR count). The van der Waals surface area contributed by atoms with Crippen LogP contribution in [0.4, 0.5) is 17.2 Å². The fraction of sp³-hybridized carbons (Fsp3) is 0.0833. The highest BCUT2D eigenvalue weighted by Gasteiger charge is 2.15. The van der Waals surface area contributed by atoms with Gasteiger partial charge in [-0.15, -0.1) is 11.3 Å². The largest absolute Gasteiger partial charge is 0.337 e. The van der Waals surface area contributed by atoms with Crippen molar-refractivity contribution in [2.75, 3.05) is 16.3 Å². The van der Waals surface area contributed by atoms with Crippen molar-refractivity contribution >= 4 is 72.0 Å². The summed E-state index contributed by atoms with van der Waals surface area (Å²) >= 11 is 13.2. The van der Waals surface area contributed by atoms with Crippen molar-refractivity contribution < 1.29 is 8.42 Å². The topological polar surface area (TPSA) is 96.9 Å². The third-order valence-electron chi connectivity index (χ3n) is 2.76. The summed E-state index contributed by atoms with van der Waals surface area (Å²) in [6.45, 7) is 0. The molecule has 3 aromatic rings. The van der Waals surface area contributed by atoms with Crippen LogP contribution in [0.2, 0.25) is 10.3 Å². The summed E-state index contributed by atoms with van der Waals surface area (Å²) in [7, 11) is -3.50. The van der Waals surface area contributed by atoms with E-state index in [1.54, 1.807) is 11.6 Å². The van der Waals surface area contributed by atoms with Crippen LogP contribution in [0, 0.1) is 0 Å². The Hall–Kier alpha value is -1.68. The Bertz CT molecular complexity index is 990. The lowest BCUT2D eigenvalue weighted by Crippen LogP contribution is -2.12. The van der Waals surface area contributed by atoms with E-state index in [2.05, 4.69) is 25.0 Å². The lowest BCUT2D eigenvalue weighted by molar-refractivity contribution is 0.607. The van der Waals surface area contributed by atoms with E-state index >= 15 is 0 Å². The first-order valence-corrected chi connectivity index (χ1v) is 9.65. The minimum absolute atomic E-state index is 0.0178. The van der Waals surface area contributed by atoms with Gasteiger partial charge in [-0.25, -0.2) is 18.4 Å². The van der Waals surface area contributed by atoms with Gasteiger partial charge in [0, 0.05) is 0 Å². The van der Waals surface area contributed by atoms with Gasteiger partial charge in [0.15, 0.2) is 5.82 Å². The number of anilines is 3. The van der Waals surface area contributed by atoms with Crippen molar-refractivity contribution in [3.63, 3.8) is 0 Å². The van der Waals surface area contributed by atoms with Crippen molar-refractivity contribution in [2.24, 2.45) is 0 Å². The van der Waals surface area contributed by atoms with E-state index in [9.17, 15) is 8.42 Å². The minimum atomic E-state index is -3.50. The Morgan fingerprint density at radius 1 is 1.22 bits per heavy atom. The second-order valence-electron chi connectivity index (χ2n) is 4.52. The molecule has 0 aliphatic heterocycles. The SMILES string of the molecule is CS(=O)(=O)Nc1c(Nc2nc(Cl)ncc2Cl)ccc2scnc12. The number of sulfonamides is 1. The van der Waals surface area contributed by atoms with Crippen LogP contribution in [0.25, 0.3) is 10.2 Å². The lowest BCUT2D eigenvalue weighted by Gasteiger charge is -2.13. The first kappa shape index (κ1) is 16.2. The first-order valence-electron chi connectivity index (χ1n) is 6.12. The van der Waals surface area contributed by atoms with Crippen LogP contribution >= 0.6 is 34.5 Å². The van der Waals surface area contributed by atoms with E-state index in [0.717, 1.165) is 11.0 Å². The molecule has 0 aliphatic carbocycles. The molecule has 0 amide bonds. The number of nitrogens with one attached hydrogen (secondary N) is 2. The average Bonchev–Trinajstić information content (AvgIpc) is 2.93. The molecular weight excluding hydrogens is 381 g/mol. The molecule has 2 heterocycles. The van der Waals surface area contributed by atoms with E-state index < -0.39 is 10.0 Å². The van der Waals surface area contributed by atoms with Gasteiger partial charge in [-0.1, -0.05) is 11.6 Å². The molecule has 0 spiro atoms. The zero-order valence-corrected chi connectivity index (χ0v) is 14.7. The third kappa shape index (κ3) is 3.63. The number of hydrogen-bond donors (Lipinski definition) is 2. The van der Waals surface area contributed by atoms with Crippen LogP contribution in [0.3, 0.4) is 0 Å². The minimum Gasteiger partial charge on any atom is -0.337 e. The van der Waals surface area contributed by atoms with E-state index in [-0.39, 0.29) is 16.1 Å². The van der Waals surface area contributed by atoms with Gasteiger partial charge in [-0.05, 0) is 23.7 Å². The predicted molar refractivity (Wildman–Crippen MR) is 93.4 cm³/mol. The zero-order valence-electron chi connectivity index (χ0n) is 11.5. The molecule has 7 nitrogen and oxygen atoms in total. The van der Waals surface area contributed by atoms with Gasteiger partial charge in [0.05, 0.1) is 34.0 Å². The van der Waals surface area contributed by atoms with E-state index in [1.807, 2.05) is 6.07 Å². The molecule has 0 saturated carbocycles. The van der Waals surface area contributed by atoms with Crippen molar-refractivity contribution in [3.05, 3.63) is 34.1 Å². The second-order valence-corrected chi connectivity index (χ2v) is 7.90. The van der Waals surface area contributed by atoms with Crippen LogP contribution in [0.1, 0.15) is 0 Å². The van der Waals surface area contributed by atoms with E-state index in [4.69, 9.17) is 23.2 Å². The van der Waals surface area contributed by atoms with Crippen LogP contribution in [-0.2, 0) is 10.0 Å². The maximum absolute atomic E-state index is 11.7. The van der Waals surface area contributed by atoms with Gasteiger partial charge in [-0.3, -0.25) is 4.72 Å². The molecule has 1 aromatic carbocycles. The third-order valence-corrected chi connectivity index (χ3v) is 4.59. The molecule has 11 heteroatoms. The standard InChI is InChI=1S/C12H9Cl2N5O2S2/c1-23(20,21)19-9-7(2-3-8-10(9)16-5-22-8)17-11-6(13)4-15-12(14)18-11/h2-5,19H,1H3,(H,15,17,18). The summed E-state index contributed by atoms with van der Waals surface area (Å²) in [6.07, 6.45) is 2.42. The molecule has 0 fully saturated rings. The molecule has 0 aliphatic rings. The predicted octanol–water partition coefficient (Wildman–Crippen LogP) is 3.51. The number of halogens is 2. The lowest BCUT2D eigenvalue weighted by atomic mass is 10.2. The Morgan fingerprint density at radius 3 is 2.74 bits per heavy atom. The van der Waals surface area contributed by atoms with Gasteiger partial charge in [0.2, 0.25) is 15.3 Å². The molecule has 0 bridgehead atoms. The fourth-order valence-corrected chi connectivity index (χ4v) is 3.42. The van der Waals surface area contributed by atoms with Crippen LogP contribution in [-0.4, -0.2) is 29.6 Å². The summed E-state index contributed by atoms with van der Waals surface area (Å²) in [5.74, 6) is 0.262. The van der Waals surface area contributed by atoms with Crippen LogP contribution in [0.5, 0.6) is 0 Å². The second kappa shape index (κ2) is 6.08. The number of benzene rings is 1. The molecule has 23 heavy (non-hydrogen) atoms. The van der Waals surface area contributed by atoms with Gasteiger partial charge in [-0.2, -0.15) is 4.98 Å². The summed E-state index contributed by atoms with van der Waals surface area (Å²) in [5.41, 5.74) is 2.93. The Morgan fingerprint density at radius 2 is 2.00 bits per heavy atom. The highest BCUT2D eigenvalue weighted by Crippen LogP contribution is 2.35. The smallest absolute Gasteiger partial charge is 0.229 e. The molecule has 2 N–H and O–H groups in total. The van der Waals surface area contributed by atoms with E-state index in [0.29, 0.717) is 16.9 Å². The molecule has 0 saturated heterocycles. The number of fused-ring (bicyclic) bond motifs is 1. The molecule has 0 unspecified atom stereocenters. The zero-order chi connectivity index (χ0) is 16.6. The van der Waals surface area contributed by atoms with Gasteiger partial charge < -0.3 is 5.32 Å². The molecule has 120 valence electrons. The number of hydrogen-bond acceptors (Lipinski definition) is 7. The van der Waals surface area contributed by atoms with Crippen molar-refractivity contribution in [1.82, 2.24) is 15.0 Å². The maximum Gasteiger partial charge on any atom is 0.229 e. The Kier molecular flexibility index (Phi) is 4.28. The number of nitrogens with zero attached hydrogens (tertiary/aromatic N) is 3. The van der Waals surface area contributed by atoms with Gasteiger partial charge in [0.1, 0.15) is 10.5 Å². The highest BCUT2D eigenvalue weighted by atomic mass is 35.5. The fourth-order valence-electron chi connectivity index (χ4n) is 1.88. The molecule has 0 atom stereocenters. The summed E-state index contributed by atoms with van der Waals surface area (Å²) in [6, 6.07) is 3.53. The highest BCUT2D eigenvalue weighted by molar-refractivity contribution is 7.92. The summed E-state index contributed by atoms with van der Waals surface area (Å²) < 4.78 is 26.6. The summed E-state index contributed by atoms with van der Waals surface area (Å²) in [5, 5.41) is 3.22. The Labute approximate surface area is 145 Å². The molecule has 2 aromatic heterocycles. The monoisotopic (exact) mass is 389 g/mol. The van der Waals surface area contributed by atoms with Crippen LogP contribution < -0.4 is 10.0 Å².